The lowest BCUT2D eigenvalue weighted by molar-refractivity contribution is 0.0692. The Balaban J connectivity index is 2.16. The van der Waals surface area contributed by atoms with Crippen molar-refractivity contribution in [1.29, 1.82) is 0 Å². The molecule has 0 atom stereocenters. The van der Waals surface area contributed by atoms with Crippen LogP contribution in [0.5, 0.6) is 0 Å². The summed E-state index contributed by atoms with van der Waals surface area (Å²) >= 11 is 0. The quantitative estimate of drug-likeness (QED) is 0.847. The summed E-state index contributed by atoms with van der Waals surface area (Å²) in [7, 11) is 1.96. The summed E-state index contributed by atoms with van der Waals surface area (Å²) in [5.74, 6) is -1.88. The van der Waals surface area contributed by atoms with E-state index in [2.05, 4.69) is 4.90 Å². The Kier molecular flexibility index (Phi) is 4.40. The molecule has 0 saturated heterocycles. The van der Waals surface area contributed by atoms with Gasteiger partial charge in [-0.15, -0.1) is 0 Å². The fourth-order valence-corrected chi connectivity index (χ4v) is 2.75. The lowest BCUT2D eigenvalue weighted by Gasteiger charge is -2.29. The van der Waals surface area contributed by atoms with Crippen LogP contribution in [0.25, 0.3) is 0 Å². The fraction of sp³-hybridized carbons (Fsp3) is 0.533. The lowest BCUT2D eigenvalue weighted by atomic mass is 10.1. The molecule has 1 aromatic rings. The van der Waals surface area contributed by atoms with Crippen molar-refractivity contribution < 1.29 is 14.3 Å². The molecule has 1 aliphatic carbocycles. The topological polar surface area (TPSA) is 40.5 Å². The van der Waals surface area contributed by atoms with Crippen molar-refractivity contribution in [3.05, 3.63) is 29.6 Å². The van der Waals surface area contributed by atoms with Gasteiger partial charge in [-0.1, -0.05) is 25.7 Å². The van der Waals surface area contributed by atoms with E-state index in [0.717, 1.165) is 18.5 Å². The third-order valence-electron chi connectivity index (χ3n) is 3.96. The van der Waals surface area contributed by atoms with Crippen LogP contribution in [-0.2, 0) is 0 Å². The lowest BCUT2D eigenvalue weighted by Crippen LogP contribution is -2.31. The average Bonchev–Trinajstić information content (AvgIpc) is 2.66. The summed E-state index contributed by atoms with van der Waals surface area (Å²) in [6, 6.07) is 4.80. The van der Waals surface area contributed by atoms with Crippen LogP contribution in [0, 0.1) is 5.82 Å². The van der Waals surface area contributed by atoms with Crippen molar-refractivity contribution in [3.8, 4) is 0 Å². The van der Waals surface area contributed by atoms with Crippen LogP contribution in [0.15, 0.2) is 18.2 Å². The van der Waals surface area contributed by atoms with E-state index < -0.39 is 11.8 Å². The zero-order chi connectivity index (χ0) is 13.8. The number of hydrogen-bond acceptors (Lipinski definition) is 2. The van der Waals surface area contributed by atoms with Crippen molar-refractivity contribution in [2.24, 2.45) is 0 Å². The van der Waals surface area contributed by atoms with Crippen LogP contribution in [0.1, 0.15) is 48.9 Å². The number of carboxylic acids is 1. The molecule has 1 fully saturated rings. The van der Waals surface area contributed by atoms with Gasteiger partial charge >= 0.3 is 5.97 Å². The molecule has 1 N–H and O–H groups in total. The van der Waals surface area contributed by atoms with Gasteiger partial charge < -0.3 is 10.0 Å². The minimum atomic E-state index is -1.22. The zero-order valence-electron chi connectivity index (χ0n) is 11.2. The van der Waals surface area contributed by atoms with Crippen molar-refractivity contribution >= 4 is 11.7 Å². The highest BCUT2D eigenvalue weighted by Crippen LogP contribution is 2.26. The Labute approximate surface area is 113 Å². The second-order valence-corrected chi connectivity index (χ2v) is 5.23. The molecule has 0 bridgehead atoms. The van der Waals surface area contributed by atoms with Gasteiger partial charge in [-0.2, -0.15) is 0 Å². The minimum absolute atomic E-state index is 0.266. The van der Waals surface area contributed by atoms with Gasteiger partial charge in [0, 0.05) is 18.8 Å². The van der Waals surface area contributed by atoms with Crippen LogP contribution < -0.4 is 4.90 Å². The van der Waals surface area contributed by atoms with Crippen LogP contribution in [0.3, 0.4) is 0 Å². The first-order valence-electron chi connectivity index (χ1n) is 6.85. The van der Waals surface area contributed by atoms with E-state index in [9.17, 15) is 9.18 Å². The highest BCUT2D eigenvalue weighted by molar-refractivity contribution is 5.88. The Morgan fingerprint density at radius 3 is 2.42 bits per heavy atom. The van der Waals surface area contributed by atoms with Gasteiger partial charge in [-0.25, -0.2) is 9.18 Å². The van der Waals surface area contributed by atoms with Crippen LogP contribution in [0.2, 0.25) is 0 Å². The molecule has 0 radical (unpaired) electrons. The molecular weight excluding hydrogens is 245 g/mol. The van der Waals surface area contributed by atoms with E-state index in [1.54, 1.807) is 6.07 Å². The number of nitrogens with zero attached hydrogens (tertiary/aromatic N) is 1. The van der Waals surface area contributed by atoms with E-state index in [0.29, 0.717) is 6.04 Å². The molecule has 4 heteroatoms. The number of anilines is 1. The molecule has 19 heavy (non-hydrogen) atoms. The molecule has 0 amide bonds. The van der Waals surface area contributed by atoms with E-state index in [-0.39, 0.29) is 5.56 Å². The number of halogens is 1. The predicted octanol–water partition coefficient (Wildman–Crippen LogP) is 3.68. The normalized spacial score (nSPS) is 16.9. The molecule has 104 valence electrons. The minimum Gasteiger partial charge on any atom is -0.478 e. The van der Waals surface area contributed by atoms with Gasteiger partial charge in [0.15, 0.2) is 0 Å². The number of aromatic carboxylic acids is 1. The van der Waals surface area contributed by atoms with E-state index in [4.69, 9.17) is 5.11 Å². The molecule has 2 rings (SSSR count). The third-order valence-corrected chi connectivity index (χ3v) is 3.96. The molecular formula is C15H20FNO2. The number of carbonyl (C=O) groups is 1. The average molecular weight is 265 g/mol. The predicted molar refractivity (Wildman–Crippen MR) is 73.3 cm³/mol. The third kappa shape index (κ3) is 3.25. The summed E-state index contributed by atoms with van der Waals surface area (Å²) in [6.45, 7) is 0. The highest BCUT2D eigenvalue weighted by Gasteiger charge is 2.19. The summed E-state index contributed by atoms with van der Waals surface area (Å²) in [6.07, 6.45) is 7.22. The van der Waals surface area contributed by atoms with E-state index in [1.807, 2.05) is 7.05 Å². The molecule has 0 spiro atoms. The number of rotatable bonds is 3. The zero-order valence-corrected chi connectivity index (χ0v) is 11.2. The highest BCUT2D eigenvalue weighted by atomic mass is 19.1. The Morgan fingerprint density at radius 1 is 1.26 bits per heavy atom. The van der Waals surface area contributed by atoms with Crippen molar-refractivity contribution in [3.63, 3.8) is 0 Å². The van der Waals surface area contributed by atoms with Gasteiger partial charge in [0.25, 0.3) is 0 Å². The van der Waals surface area contributed by atoms with Gasteiger partial charge in [-0.3, -0.25) is 0 Å². The summed E-state index contributed by atoms with van der Waals surface area (Å²) < 4.78 is 13.7. The van der Waals surface area contributed by atoms with Gasteiger partial charge in [0.2, 0.25) is 0 Å². The van der Waals surface area contributed by atoms with Crippen LogP contribution in [0.4, 0.5) is 10.1 Å². The first-order chi connectivity index (χ1) is 9.09. The molecule has 1 aromatic carbocycles. The molecule has 0 unspecified atom stereocenters. The second-order valence-electron chi connectivity index (χ2n) is 5.23. The maximum absolute atomic E-state index is 13.7. The first kappa shape index (κ1) is 13.8. The van der Waals surface area contributed by atoms with Crippen molar-refractivity contribution in [1.82, 2.24) is 0 Å². The molecule has 1 aliphatic rings. The largest absolute Gasteiger partial charge is 0.478 e. The van der Waals surface area contributed by atoms with Crippen LogP contribution >= 0.6 is 0 Å². The summed E-state index contributed by atoms with van der Waals surface area (Å²) in [5, 5.41) is 8.83. The SMILES string of the molecule is CN(c1ccc(C(=O)O)c(F)c1)C1CCCCCC1. The Morgan fingerprint density at radius 2 is 1.89 bits per heavy atom. The monoisotopic (exact) mass is 265 g/mol. The second kappa shape index (κ2) is 6.04. The molecule has 3 nitrogen and oxygen atoms in total. The Hall–Kier alpha value is -1.58. The summed E-state index contributed by atoms with van der Waals surface area (Å²) in [4.78, 5) is 12.9. The summed E-state index contributed by atoms with van der Waals surface area (Å²) in [5.41, 5.74) is 0.493. The van der Waals surface area contributed by atoms with Gasteiger partial charge in [-0.05, 0) is 31.0 Å². The number of carboxylic acid groups (broad SMARTS) is 1. The smallest absolute Gasteiger partial charge is 0.338 e. The van der Waals surface area contributed by atoms with Crippen molar-refractivity contribution in [2.45, 2.75) is 44.6 Å². The van der Waals surface area contributed by atoms with E-state index in [1.165, 1.54) is 37.8 Å². The van der Waals surface area contributed by atoms with Gasteiger partial charge in [0.1, 0.15) is 5.82 Å². The molecule has 0 heterocycles. The van der Waals surface area contributed by atoms with Crippen LogP contribution in [-0.4, -0.2) is 24.2 Å². The first-order valence-corrected chi connectivity index (χ1v) is 6.85. The molecule has 0 aromatic heterocycles. The molecule has 1 saturated carbocycles. The van der Waals surface area contributed by atoms with E-state index >= 15 is 0 Å². The van der Waals surface area contributed by atoms with Gasteiger partial charge in [0.05, 0.1) is 5.56 Å². The maximum Gasteiger partial charge on any atom is 0.338 e. The number of hydrogen-bond donors (Lipinski definition) is 1. The number of benzene rings is 1. The molecule has 0 aliphatic heterocycles. The fourth-order valence-electron chi connectivity index (χ4n) is 2.75. The van der Waals surface area contributed by atoms with Crippen molar-refractivity contribution in [2.75, 3.05) is 11.9 Å². The maximum atomic E-state index is 13.7. The standard InChI is InChI=1S/C15H20FNO2/c1-17(11-6-4-2-3-5-7-11)12-8-9-13(15(18)19)14(16)10-12/h8-11H,2-7H2,1H3,(H,18,19). The Bertz CT molecular complexity index is 453.